The number of piperidine rings is 1. The third kappa shape index (κ3) is 5.27. The second-order valence-corrected chi connectivity index (χ2v) is 9.04. The molecule has 1 aliphatic rings. The smallest absolute Gasteiger partial charge is 0.252 e. The Morgan fingerprint density at radius 2 is 1.96 bits per heavy atom. The maximum Gasteiger partial charge on any atom is 0.252 e. The van der Waals surface area contributed by atoms with Crippen molar-refractivity contribution in [3.8, 4) is 0 Å². The SMILES string of the molecule is NCCCCNC(=O)Cc1ccc(S(=O)(=O)N2CCCCC2)s1. The lowest BCUT2D eigenvalue weighted by molar-refractivity contribution is -0.120. The highest BCUT2D eigenvalue weighted by atomic mass is 32.2. The van der Waals surface area contributed by atoms with E-state index in [0.717, 1.165) is 37.0 Å². The van der Waals surface area contributed by atoms with Crippen LogP contribution < -0.4 is 11.1 Å². The number of sulfonamides is 1. The van der Waals surface area contributed by atoms with Crippen LogP contribution in [0.2, 0.25) is 0 Å². The number of carbonyl (C=O) groups excluding carboxylic acids is 1. The zero-order valence-corrected chi connectivity index (χ0v) is 14.9. The lowest BCUT2D eigenvalue weighted by Gasteiger charge is -2.25. The van der Waals surface area contributed by atoms with Crippen LogP contribution in [0.1, 0.15) is 37.0 Å². The lowest BCUT2D eigenvalue weighted by Crippen LogP contribution is -2.35. The van der Waals surface area contributed by atoms with Crippen LogP contribution in [0.3, 0.4) is 0 Å². The van der Waals surface area contributed by atoms with Crippen LogP contribution in [-0.4, -0.2) is 44.8 Å². The monoisotopic (exact) mass is 359 g/mol. The van der Waals surface area contributed by atoms with Gasteiger partial charge in [-0.05, 0) is 44.4 Å². The van der Waals surface area contributed by atoms with Gasteiger partial charge in [0.15, 0.2) is 0 Å². The topological polar surface area (TPSA) is 92.5 Å². The highest BCUT2D eigenvalue weighted by Gasteiger charge is 2.27. The van der Waals surface area contributed by atoms with Gasteiger partial charge in [0.05, 0.1) is 6.42 Å². The first kappa shape index (κ1) is 18.4. The quantitative estimate of drug-likeness (QED) is 0.685. The zero-order chi connectivity index (χ0) is 16.7. The predicted molar refractivity (Wildman–Crippen MR) is 91.9 cm³/mol. The van der Waals surface area contributed by atoms with Gasteiger partial charge in [-0.1, -0.05) is 6.42 Å². The number of nitrogens with zero attached hydrogens (tertiary/aromatic N) is 1. The second kappa shape index (κ2) is 8.77. The van der Waals surface area contributed by atoms with Crippen molar-refractivity contribution >= 4 is 27.3 Å². The van der Waals surface area contributed by atoms with E-state index in [1.165, 1.54) is 11.3 Å². The Hall–Kier alpha value is -0.960. The van der Waals surface area contributed by atoms with Gasteiger partial charge in [0.25, 0.3) is 10.0 Å². The van der Waals surface area contributed by atoms with E-state index in [0.29, 0.717) is 30.4 Å². The molecule has 1 aliphatic heterocycles. The molecule has 1 saturated heterocycles. The van der Waals surface area contributed by atoms with Gasteiger partial charge in [-0.3, -0.25) is 4.79 Å². The van der Waals surface area contributed by atoms with Gasteiger partial charge in [-0.2, -0.15) is 4.31 Å². The number of hydrogen-bond acceptors (Lipinski definition) is 5. The molecule has 0 bridgehead atoms. The van der Waals surface area contributed by atoms with Gasteiger partial charge in [-0.25, -0.2) is 8.42 Å². The molecule has 1 aromatic heterocycles. The Bertz CT molecular complexity index is 607. The van der Waals surface area contributed by atoms with E-state index < -0.39 is 10.0 Å². The van der Waals surface area contributed by atoms with E-state index in [4.69, 9.17) is 5.73 Å². The third-order valence-corrected chi connectivity index (χ3v) is 7.29. The Balaban J connectivity index is 1.90. The Morgan fingerprint density at radius 3 is 2.65 bits per heavy atom. The Morgan fingerprint density at radius 1 is 1.22 bits per heavy atom. The van der Waals surface area contributed by atoms with E-state index in [2.05, 4.69) is 5.32 Å². The summed E-state index contributed by atoms with van der Waals surface area (Å²) in [6.07, 6.45) is 4.90. The minimum atomic E-state index is -3.40. The highest BCUT2D eigenvalue weighted by molar-refractivity contribution is 7.91. The van der Waals surface area contributed by atoms with Gasteiger partial charge in [-0.15, -0.1) is 11.3 Å². The minimum absolute atomic E-state index is 0.0780. The Kier molecular flexibility index (Phi) is 7.01. The first-order valence-corrected chi connectivity index (χ1v) is 10.4. The summed E-state index contributed by atoms with van der Waals surface area (Å²) in [7, 11) is -3.40. The molecule has 0 atom stereocenters. The summed E-state index contributed by atoms with van der Waals surface area (Å²) in [5, 5.41) is 2.83. The molecule has 0 aliphatic carbocycles. The van der Waals surface area contributed by atoms with Crippen LogP contribution in [0.25, 0.3) is 0 Å². The summed E-state index contributed by atoms with van der Waals surface area (Å²) in [4.78, 5) is 12.6. The predicted octanol–water partition coefficient (Wildman–Crippen LogP) is 1.32. The molecule has 1 aromatic rings. The van der Waals surface area contributed by atoms with Crippen LogP contribution in [0, 0.1) is 0 Å². The first-order chi connectivity index (χ1) is 11.0. The van der Waals surface area contributed by atoms with Crippen LogP contribution in [0.4, 0.5) is 0 Å². The molecule has 0 aromatic carbocycles. The molecule has 8 heteroatoms. The molecule has 3 N–H and O–H groups in total. The van der Waals surface area contributed by atoms with E-state index in [1.54, 1.807) is 16.4 Å². The molecule has 2 rings (SSSR count). The fraction of sp³-hybridized carbons (Fsp3) is 0.667. The molecule has 1 amide bonds. The fourth-order valence-electron chi connectivity index (χ4n) is 2.54. The molecule has 1 fully saturated rings. The molecule has 6 nitrogen and oxygen atoms in total. The fourth-order valence-corrected chi connectivity index (χ4v) is 5.57. The molecule has 23 heavy (non-hydrogen) atoms. The largest absolute Gasteiger partial charge is 0.356 e. The van der Waals surface area contributed by atoms with Gasteiger partial charge in [0, 0.05) is 24.5 Å². The van der Waals surface area contributed by atoms with E-state index >= 15 is 0 Å². The standard InChI is InChI=1S/C15H25N3O3S2/c16-8-2-3-9-17-14(19)12-13-6-7-15(22-13)23(20,21)18-10-4-1-5-11-18/h6-7H,1-5,8-12,16H2,(H,17,19). The molecule has 0 saturated carbocycles. The van der Waals surface area contributed by atoms with Crippen LogP contribution >= 0.6 is 11.3 Å². The minimum Gasteiger partial charge on any atom is -0.356 e. The summed E-state index contributed by atoms with van der Waals surface area (Å²) in [6.45, 7) is 2.42. The van der Waals surface area contributed by atoms with Crippen molar-refractivity contribution in [3.05, 3.63) is 17.0 Å². The molecular weight excluding hydrogens is 334 g/mol. The number of hydrogen-bond donors (Lipinski definition) is 2. The molecule has 0 unspecified atom stereocenters. The lowest BCUT2D eigenvalue weighted by atomic mass is 10.2. The van der Waals surface area contributed by atoms with Crippen molar-refractivity contribution < 1.29 is 13.2 Å². The molecular formula is C15H25N3O3S2. The maximum absolute atomic E-state index is 12.6. The number of carbonyl (C=O) groups is 1. The van der Waals surface area contributed by atoms with Gasteiger partial charge >= 0.3 is 0 Å². The van der Waals surface area contributed by atoms with Crippen molar-refractivity contribution in [2.24, 2.45) is 5.73 Å². The van der Waals surface area contributed by atoms with Crippen molar-refractivity contribution in [1.29, 1.82) is 0 Å². The average Bonchev–Trinajstić information content (AvgIpc) is 3.02. The number of rotatable bonds is 8. The molecule has 0 radical (unpaired) electrons. The van der Waals surface area contributed by atoms with E-state index in [9.17, 15) is 13.2 Å². The van der Waals surface area contributed by atoms with Crippen molar-refractivity contribution in [3.63, 3.8) is 0 Å². The van der Waals surface area contributed by atoms with Crippen LogP contribution in [-0.2, 0) is 21.2 Å². The normalized spacial score (nSPS) is 16.4. The Labute approximate surface area is 142 Å². The molecule has 2 heterocycles. The second-order valence-electron chi connectivity index (χ2n) is 5.71. The van der Waals surface area contributed by atoms with Gasteiger partial charge in [0.2, 0.25) is 5.91 Å². The highest BCUT2D eigenvalue weighted by Crippen LogP contribution is 2.27. The molecule has 130 valence electrons. The van der Waals surface area contributed by atoms with Crippen molar-refractivity contribution in [2.75, 3.05) is 26.2 Å². The summed E-state index contributed by atoms with van der Waals surface area (Å²) in [5.41, 5.74) is 5.40. The number of amides is 1. The number of unbranched alkanes of at least 4 members (excludes halogenated alkanes) is 1. The number of nitrogens with one attached hydrogen (secondary N) is 1. The van der Waals surface area contributed by atoms with E-state index in [-0.39, 0.29) is 12.3 Å². The van der Waals surface area contributed by atoms with Gasteiger partial charge < -0.3 is 11.1 Å². The zero-order valence-electron chi connectivity index (χ0n) is 13.3. The van der Waals surface area contributed by atoms with Crippen molar-refractivity contribution in [1.82, 2.24) is 9.62 Å². The first-order valence-electron chi connectivity index (χ1n) is 8.09. The molecule has 0 spiro atoms. The number of nitrogens with two attached hydrogens (primary N) is 1. The average molecular weight is 360 g/mol. The summed E-state index contributed by atoms with van der Waals surface area (Å²) in [6, 6.07) is 3.35. The summed E-state index contributed by atoms with van der Waals surface area (Å²) < 4.78 is 27.0. The third-order valence-electron chi connectivity index (χ3n) is 3.83. The van der Waals surface area contributed by atoms with E-state index in [1.807, 2.05) is 0 Å². The summed E-state index contributed by atoms with van der Waals surface area (Å²) in [5.74, 6) is -0.0780. The van der Waals surface area contributed by atoms with Crippen LogP contribution in [0.5, 0.6) is 0 Å². The maximum atomic E-state index is 12.6. The van der Waals surface area contributed by atoms with Gasteiger partial charge in [0.1, 0.15) is 4.21 Å². The number of thiophene rings is 1. The summed E-state index contributed by atoms with van der Waals surface area (Å²) >= 11 is 1.20. The van der Waals surface area contributed by atoms with Crippen LogP contribution in [0.15, 0.2) is 16.3 Å². The van der Waals surface area contributed by atoms with Crippen molar-refractivity contribution in [2.45, 2.75) is 42.7 Å².